The summed E-state index contributed by atoms with van der Waals surface area (Å²) in [6, 6.07) is 7.32. The van der Waals surface area contributed by atoms with E-state index in [1.54, 1.807) is 6.20 Å². The SMILES string of the molecule is CC(=O)OC[C@H]1O[C@@H](n2cc(-c3ccc(Br)cc3)nn2)[C@H](OC(C)=O)[C@@H](OC(C)=O)[C@@H]1OC(C)=O. The number of rotatable bonds is 7. The monoisotopic (exact) mass is 553 g/mol. The highest BCUT2D eigenvalue weighted by Gasteiger charge is 2.53. The van der Waals surface area contributed by atoms with Crippen LogP contribution in [0, 0.1) is 0 Å². The molecule has 35 heavy (non-hydrogen) atoms. The fourth-order valence-corrected chi connectivity index (χ4v) is 3.84. The first-order valence-corrected chi connectivity index (χ1v) is 11.3. The van der Waals surface area contributed by atoms with Gasteiger partial charge in [-0.15, -0.1) is 5.10 Å². The Labute approximate surface area is 208 Å². The van der Waals surface area contributed by atoms with Crippen LogP contribution in [0.15, 0.2) is 34.9 Å². The Morgan fingerprint density at radius 1 is 0.886 bits per heavy atom. The van der Waals surface area contributed by atoms with Gasteiger partial charge in [-0.1, -0.05) is 33.3 Å². The van der Waals surface area contributed by atoms with Crippen molar-refractivity contribution >= 4 is 39.8 Å². The van der Waals surface area contributed by atoms with Gasteiger partial charge >= 0.3 is 23.9 Å². The first kappa shape index (κ1) is 26.3. The van der Waals surface area contributed by atoms with Gasteiger partial charge in [0, 0.05) is 37.7 Å². The van der Waals surface area contributed by atoms with E-state index in [0.29, 0.717) is 5.69 Å². The molecule has 0 N–H and O–H groups in total. The van der Waals surface area contributed by atoms with Crippen molar-refractivity contribution in [1.29, 1.82) is 0 Å². The molecule has 12 nitrogen and oxygen atoms in total. The highest BCUT2D eigenvalue weighted by atomic mass is 79.9. The van der Waals surface area contributed by atoms with Gasteiger partial charge in [-0.3, -0.25) is 19.2 Å². The molecule has 1 aliphatic rings. The lowest BCUT2D eigenvalue weighted by molar-refractivity contribution is -0.270. The minimum Gasteiger partial charge on any atom is -0.463 e. The number of benzene rings is 1. The van der Waals surface area contributed by atoms with Crippen LogP contribution < -0.4 is 0 Å². The summed E-state index contributed by atoms with van der Waals surface area (Å²) in [6.07, 6.45) is -4.49. The van der Waals surface area contributed by atoms with Crippen LogP contribution in [-0.2, 0) is 42.9 Å². The topological polar surface area (TPSA) is 145 Å². The lowest BCUT2D eigenvalue weighted by Crippen LogP contribution is -2.60. The van der Waals surface area contributed by atoms with E-state index in [2.05, 4.69) is 26.2 Å². The van der Waals surface area contributed by atoms with Gasteiger partial charge in [0.1, 0.15) is 18.4 Å². The molecule has 1 saturated heterocycles. The summed E-state index contributed by atoms with van der Waals surface area (Å²) in [6.45, 7) is 4.35. The van der Waals surface area contributed by atoms with Crippen molar-refractivity contribution in [3.05, 3.63) is 34.9 Å². The lowest BCUT2D eigenvalue weighted by Gasteiger charge is -2.44. The van der Waals surface area contributed by atoms with Gasteiger partial charge in [0.05, 0.1) is 6.20 Å². The Morgan fingerprint density at radius 3 is 2.03 bits per heavy atom. The van der Waals surface area contributed by atoms with Gasteiger partial charge in [-0.05, 0) is 12.1 Å². The largest absolute Gasteiger partial charge is 0.463 e. The number of carbonyl (C=O) groups excluding carboxylic acids is 4. The number of hydrogen-bond acceptors (Lipinski definition) is 11. The maximum atomic E-state index is 12.0. The Balaban J connectivity index is 2.03. The third-order valence-corrected chi connectivity index (χ3v) is 5.41. The number of nitrogens with zero attached hydrogens (tertiary/aromatic N) is 3. The molecule has 2 aromatic rings. The van der Waals surface area contributed by atoms with Crippen LogP contribution in [0.3, 0.4) is 0 Å². The first-order valence-electron chi connectivity index (χ1n) is 10.5. The van der Waals surface area contributed by atoms with Crippen molar-refractivity contribution in [2.24, 2.45) is 0 Å². The predicted octanol–water partition coefficient (Wildman–Crippen LogP) is 1.96. The smallest absolute Gasteiger partial charge is 0.303 e. The molecule has 13 heteroatoms. The first-order chi connectivity index (χ1) is 16.5. The molecule has 0 saturated carbocycles. The van der Waals surface area contributed by atoms with E-state index in [1.807, 2.05) is 24.3 Å². The van der Waals surface area contributed by atoms with E-state index in [-0.39, 0.29) is 6.61 Å². The zero-order valence-electron chi connectivity index (χ0n) is 19.4. The van der Waals surface area contributed by atoms with Gasteiger partial charge in [0.25, 0.3) is 0 Å². The van der Waals surface area contributed by atoms with E-state index in [0.717, 1.165) is 23.9 Å². The van der Waals surface area contributed by atoms with Crippen LogP contribution >= 0.6 is 15.9 Å². The Kier molecular flexibility index (Phi) is 8.57. The second-order valence-electron chi connectivity index (χ2n) is 7.68. The molecule has 1 aromatic carbocycles. The predicted molar refractivity (Wildman–Crippen MR) is 120 cm³/mol. The minimum atomic E-state index is -1.29. The zero-order chi connectivity index (χ0) is 25.7. The second kappa shape index (κ2) is 11.4. The highest BCUT2D eigenvalue weighted by molar-refractivity contribution is 9.10. The molecular weight excluding hydrogens is 530 g/mol. The third kappa shape index (κ3) is 6.85. The Bertz CT molecular complexity index is 1090. The van der Waals surface area contributed by atoms with Crippen molar-refractivity contribution in [3.8, 4) is 11.3 Å². The maximum Gasteiger partial charge on any atom is 0.303 e. The summed E-state index contributed by atoms with van der Waals surface area (Å²) in [4.78, 5) is 47.2. The number of halogens is 1. The van der Waals surface area contributed by atoms with Crippen LogP contribution in [0.5, 0.6) is 0 Å². The molecule has 1 fully saturated rings. The second-order valence-corrected chi connectivity index (χ2v) is 8.60. The number of aromatic nitrogens is 3. The number of carbonyl (C=O) groups is 4. The average molecular weight is 554 g/mol. The summed E-state index contributed by atoms with van der Waals surface area (Å²) in [5.41, 5.74) is 1.25. The van der Waals surface area contributed by atoms with Crippen LogP contribution in [-0.4, -0.2) is 69.9 Å². The normalized spacial score (nSPS) is 23.7. The molecule has 0 amide bonds. The number of hydrogen-bond donors (Lipinski definition) is 0. The van der Waals surface area contributed by atoms with Crippen LogP contribution in [0.25, 0.3) is 11.3 Å². The summed E-state index contributed by atoms with van der Waals surface area (Å²) >= 11 is 3.37. The molecular formula is C22H24BrN3O9. The fraction of sp³-hybridized carbons (Fsp3) is 0.455. The van der Waals surface area contributed by atoms with Gasteiger partial charge in [0.2, 0.25) is 0 Å². The number of esters is 4. The van der Waals surface area contributed by atoms with Crippen LogP contribution in [0.2, 0.25) is 0 Å². The van der Waals surface area contributed by atoms with Crippen molar-refractivity contribution in [1.82, 2.24) is 15.0 Å². The van der Waals surface area contributed by atoms with Gasteiger partial charge in [0.15, 0.2) is 24.5 Å². The standard InChI is InChI=1S/C22H24BrN3O9/c1-11(27)31-10-18-19(32-12(2)28)20(33-13(3)29)21(34-14(4)30)22(35-18)26-9-17(24-25-26)15-5-7-16(23)8-6-15/h5-9,18-22H,10H2,1-4H3/t18-,19-,20+,21-,22-/m1/s1. The maximum absolute atomic E-state index is 12.0. The van der Waals surface area contributed by atoms with E-state index in [4.69, 9.17) is 23.7 Å². The molecule has 0 bridgehead atoms. The van der Waals surface area contributed by atoms with Crippen molar-refractivity contribution in [2.45, 2.75) is 58.3 Å². The van der Waals surface area contributed by atoms with E-state index in [9.17, 15) is 19.2 Å². The summed E-state index contributed by atoms with van der Waals surface area (Å²) in [5.74, 6) is -2.72. The summed E-state index contributed by atoms with van der Waals surface area (Å²) in [5, 5.41) is 8.26. The van der Waals surface area contributed by atoms with Crippen molar-refractivity contribution in [3.63, 3.8) is 0 Å². The molecule has 1 aromatic heterocycles. The van der Waals surface area contributed by atoms with Crippen LogP contribution in [0.1, 0.15) is 33.9 Å². The molecule has 0 radical (unpaired) electrons. The number of ether oxygens (including phenoxy) is 5. The molecule has 0 aliphatic carbocycles. The Morgan fingerprint density at radius 2 is 1.46 bits per heavy atom. The third-order valence-electron chi connectivity index (χ3n) is 4.88. The molecule has 5 atom stereocenters. The van der Waals surface area contributed by atoms with Crippen LogP contribution in [0.4, 0.5) is 0 Å². The van der Waals surface area contributed by atoms with E-state index < -0.39 is 54.5 Å². The molecule has 2 heterocycles. The molecule has 1 aliphatic heterocycles. The van der Waals surface area contributed by atoms with Gasteiger partial charge < -0.3 is 23.7 Å². The zero-order valence-corrected chi connectivity index (χ0v) is 21.0. The van der Waals surface area contributed by atoms with Gasteiger partial charge in [-0.25, -0.2) is 4.68 Å². The quantitative estimate of drug-likeness (QED) is 0.366. The molecule has 188 valence electrons. The summed E-state index contributed by atoms with van der Waals surface area (Å²) in [7, 11) is 0. The minimum absolute atomic E-state index is 0.331. The average Bonchev–Trinajstić information content (AvgIpc) is 3.24. The lowest BCUT2D eigenvalue weighted by atomic mass is 9.97. The molecule has 0 unspecified atom stereocenters. The van der Waals surface area contributed by atoms with Crippen molar-refractivity contribution in [2.75, 3.05) is 6.61 Å². The van der Waals surface area contributed by atoms with E-state index in [1.165, 1.54) is 18.5 Å². The van der Waals surface area contributed by atoms with Crippen molar-refractivity contribution < 1.29 is 42.9 Å². The molecule has 0 spiro atoms. The van der Waals surface area contributed by atoms with E-state index >= 15 is 0 Å². The molecule has 3 rings (SSSR count). The van der Waals surface area contributed by atoms with Gasteiger partial charge in [-0.2, -0.15) is 0 Å². The fourth-order valence-electron chi connectivity index (χ4n) is 3.57. The Hall–Kier alpha value is -3.32. The summed E-state index contributed by atoms with van der Waals surface area (Å²) < 4.78 is 29.6. The highest BCUT2D eigenvalue weighted by Crippen LogP contribution is 2.35.